The first kappa shape index (κ1) is 22.2. The molecule has 4 unspecified atom stereocenters. The number of ether oxygens (including phenoxy) is 1. The quantitative estimate of drug-likeness (QED) is 0.372. The van der Waals surface area contributed by atoms with Gasteiger partial charge in [0.15, 0.2) is 0 Å². The van der Waals surface area contributed by atoms with E-state index in [-0.39, 0.29) is 25.0 Å². The number of amides is 2. The molecule has 0 aromatic rings. The fourth-order valence-electron chi connectivity index (χ4n) is 1.77. The van der Waals surface area contributed by atoms with Crippen LogP contribution in [0.3, 0.4) is 0 Å². The van der Waals surface area contributed by atoms with E-state index >= 15 is 0 Å². The van der Waals surface area contributed by atoms with Crippen LogP contribution in [0.4, 0.5) is 0 Å². The van der Waals surface area contributed by atoms with Gasteiger partial charge in [-0.3, -0.25) is 9.59 Å². The molecular weight excluding hydrogens is 320 g/mol. The smallest absolute Gasteiger partial charge is 0.222 e. The van der Waals surface area contributed by atoms with Crippen molar-refractivity contribution in [3.8, 4) is 0 Å². The average Bonchev–Trinajstić information content (AvgIpc) is 2.45. The molecule has 0 radical (unpaired) electrons. The van der Waals surface area contributed by atoms with Crippen LogP contribution in [-0.2, 0) is 14.3 Å². The summed E-state index contributed by atoms with van der Waals surface area (Å²) < 4.78 is 5.39. The molecule has 23 heavy (non-hydrogen) atoms. The van der Waals surface area contributed by atoms with E-state index in [0.29, 0.717) is 5.94 Å². The Bertz CT molecular complexity index is 368. The van der Waals surface area contributed by atoms with Gasteiger partial charge < -0.3 is 25.2 Å². The zero-order chi connectivity index (χ0) is 18.0. The average molecular weight is 350 g/mol. The van der Waals surface area contributed by atoms with Gasteiger partial charge in [0.05, 0.1) is 36.7 Å². The van der Waals surface area contributed by atoms with Gasteiger partial charge in [0.25, 0.3) is 0 Å². The summed E-state index contributed by atoms with van der Waals surface area (Å²) in [7, 11) is 0. The Morgan fingerprint density at radius 1 is 1.26 bits per heavy atom. The first-order valence-electron chi connectivity index (χ1n) is 7.78. The summed E-state index contributed by atoms with van der Waals surface area (Å²) in [5.74, 6) is 0.787. The molecule has 0 saturated carbocycles. The van der Waals surface area contributed by atoms with E-state index in [9.17, 15) is 19.8 Å². The predicted molar refractivity (Wildman–Crippen MR) is 90.8 cm³/mol. The summed E-state index contributed by atoms with van der Waals surface area (Å²) in [6.07, 6.45) is -1.83. The summed E-state index contributed by atoms with van der Waals surface area (Å²) >= 11 is 1.59. The summed E-state index contributed by atoms with van der Waals surface area (Å²) in [4.78, 5) is 24.9. The van der Waals surface area contributed by atoms with Gasteiger partial charge in [0, 0.05) is 6.92 Å². The molecule has 0 aliphatic rings. The Kier molecular flexibility index (Phi) is 11.2. The van der Waals surface area contributed by atoms with Crippen molar-refractivity contribution in [2.45, 2.75) is 65.3 Å². The number of carbonyl (C=O) groups excluding carboxylic acids is 2. The number of aliphatic hydroxyl groups excluding tert-OH is 2. The van der Waals surface area contributed by atoms with Crippen molar-refractivity contribution < 1.29 is 24.5 Å². The lowest BCUT2D eigenvalue weighted by molar-refractivity contribution is -0.141. The number of nitrogens with zero attached hydrogens (tertiary/aromatic N) is 1. The highest BCUT2D eigenvalue weighted by molar-refractivity contribution is 7.99. The zero-order valence-electron chi connectivity index (χ0n) is 14.6. The topological polar surface area (TPSA) is 99.1 Å². The minimum Gasteiger partial charge on any atom is -0.391 e. The van der Waals surface area contributed by atoms with Crippen molar-refractivity contribution in [2.75, 3.05) is 18.4 Å². The first-order chi connectivity index (χ1) is 10.7. The number of thioether (sulfide) groups is 1. The molecule has 4 atom stereocenters. The van der Waals surface area contributed by atoms with Crippen molar-refractivity contribution in [2.24, 2.45) is 0 Å². The van der Waals surface area contributed by atoms with Crippen LogP contribution in [0.2, 0.25) is 0 Å². The number of hydrogen-bond acceptors (Lipinski definition) is 6. The van der Waals surface area contributed by atoms with E-state index in [1.54, 1.807) is 32.5 Å². The van der Waals surface area contributed by atoms with Gasteiger partial charge in [-0.05, 0) is 26.5 Å². The van der Waals surface area contributed by atoms with Crippen LogP contribution in [0.15, 0.2) is 0 Å². The van der Waals surface area contributed by atoms with E-state index in [1.807, 2.05) is 6.92 Å². The van der Waals surface area contributed by atoms with Gasteiger partial charge in [-0.1, -0.05) is 6.92 Å². The number of hydrogen-bond donors (Lipinski definition) is 3. The Morgan fingerprint density at radius 3 is 2.35 bits per heavy atom. The van der Waals surface area contributed by atoms with Crippen molar-refractivity contribution in [3.63, 3.8) is 0 Å². The lowest BCUT2D eigenvalue weighted by Gasteiger charge is -2.31. The molecular formula is C15H30N2O5S. The normalized spacial score (nSPS) is 16.3. The molecule has 0 rings (SSSR count). The highest BCUT2D eigenvalue weighted by Crippen LogP contribution is 2.10. The van der Waals surface area contributed by atoms with Gasteiger partial charge >= 0.3 is 0 Å². The number of nitrogens with one attached hydrogen (secondary N) is 1. The third-order valence-electron chi connectivity index (χ3n) is 3.56. The molecule has 0 spiro atoms. The van der Waals surface area contributed by atoms with E-state index in [0.717, 1.165) is 5.75 Å². The third-order valence-corrected chi connectivity index (χ3v) is 4.30. The van der Waals surface area contributed by atoms with Crippen LogP contribution in [0, 0.1) is 0 Å². The van der Waals surface area contributed by atoms with Gasteiger partial charge in [-0.25, -0.2) is 0 Å². The van der Waals surface area contributed by atoms with Gasteiger partial charge in [0.2, 0.25) is 11.8 Å². The maximum absolute atomic E-state index is 11.8. The number of aliphatic hydroxyl groups is 2. The summed E-state index contributed by atoms with van der Waals surface area (Å²) in [5.41, 5.74) is 0. The SMILES string of the molecule is CCSCOCN(C(C)=O)C(C)C(O)CC(=O)NC(C)C(C)O. The molecule has 136 valence electrons. The first-order valence-corrected chi connectivity index (χ1v) is 8.94. The summed E-state index contributed by atoms with van der Waals surface area (Å²) in [6, 6.07) is -0.949. The summed E-state index contributed by atoms with van der Waals surface area (Å²) in [5, 5.41) is 22.2. The Hall–Kier alpha value is -0.830. The Labute approximate surface area is 142 Å². The monoisotopic (exact) mass is 350 g/mol. The van der Waals surface area contributed by atoms with Crippen LogP contribution >= 0.6 is 11.8 Å². The van der Waals surface area contributed by atoms with Crippen molar-refractivity contribution in [1.82, 2.24) is 10.2 Å². The minimum atomic E-state index is -1.01. The highest BCUT2D eigenvalue weighted by Gasteiger charge is 2.26. The van der Waals surface area contributed by atoms with Crippen LogP contribution < -0.4 is 5.32 Å². The molecule has 0 bridgehead atoms. The Balaban J connectivity index is 4.47. The molecule has 0 aromatic heterocycles. The second-order valence-electron chi connectivity index (χ2n) is 5.54. The molecule has 8 heteroatoms. The molecule has 7 nitrogen and oxygen atoms in total. The zero-order valence-corrected chi connectivity index (χ0v) is 15.4. The van der Waals surface area contributed by atoms with E-state index in [4.69, 9.17) is 4.74 Å². The van der Waals surface area contributed by atoms with Crippen molar-refractivity contribution in [3.05, 3.63) is 0 Å². The van der Waals surface area contributed by atoms with Crippen LogP contribution in [-0.4, -0.2) is 69.6 Å². The molecule has 0 aliphatic heterocycles. The van der Waals surface area contributed by atoms with Crippen LogP contribution in [0.25, 0.3) is 0 Å². The van der Waals surface area contributed by atoms with E-state index in [2.05, 4.69) is 5.32 Å². The number of rotatable bonds is 11. The molecule has 0 aromatic carbocycles. The van der Waals surface area contributed by atoms with Crippen molar-refractivity contribution in [1.29, 1.82) is 0 Å². The minimum absolute atomic E-state index is 0.0757. The third kappa shape index (κ3) is 9.14. The fourth-order valence-corrected chi connectivity index (χ4v) is 2.13. The van der Waals surface area contributed by atoms with Crippen LogP contribution in [0.5, 0.6) is 0 Å². The lowest BCUT2D eigenvalue weighted by Crippen LogP contribution is -2.48. The second kappa shape index (κ2) is 11.7. The van der Waals surface area contributed by atoms with Crippen LogP contribution in [0.1, 0.15) is 41.0 Å². The maximum Gasteiger partial charge on any atom is 0.222 e. The lowest BCUT2D eigenvalue weighted by atomic mass is 10.1. The second-order valence-corrected chi connectivity index (χ2v) is 6.76. The van der Waals surface area contributed by atoms with E-state index < -0.39 is 24.3 Å². The molecule has 0 fully saturated rings. The Morgan fingerprint density at radius 2 is 1.87 bits per heavy atom. The van der Waals surface area contributed by atoms with E-state index in [1.165, 1.54) is 11.8 Å². The molecule has 0 saturated heterocycles. The number of carbonyl (C=O) groups is 2. The molecule has 0 heterocycles. The van der Waals surface area contributed by atoms with Gasteiger partial charge in [-0.2, -0.15) is 0 Å². The highest BCUT2D eigenvalue weighted by atomic mass is 32.2. The fraction of sp³-hybridized carbons (Fsp3) is 0.867. The van der Waals surface area contributed by atoms with Gasteiger partial charge in [0.1, 0.15) is 6.73 Å². The molecule has 3 N–H and O–H groups in total. The summed E-state index contributed by atoms with van der Waals surface area (Å²) in [6.45, 7) is 8.41. The van der Waals surface area contributed by atoms with Crippen molar-refractivity contribution >= 4 is 23.6 Å². The largest absolute Gasteiger partial charge is 0.391 e. The molecule has 0 aliphatic carbocycles. The predicted octanol–water partition coefficient (Wildman–Crippen LogP) is 0.545. The molecule has 2 amide bonds. The standard InChI is InChI=1S/C15H30N2O5S/c1-6-23-9-22-8-17(13(5)19)11(3)14(20)7-15(21)16-10(2)12(4)18/h10-12,14,18,20H,6-9H2,1-5H3,(H,16,21). The maximum atomic E-state index is 11.8. The van der Waals surface area contributed by atoms with Gasteiger partial charge in [-0.15, -0.1) is 11.8 Å².